The number of β-amino-alcohol motifs (C(OH)–C–C–N with tert-alkyl or cyclic N) is 1. The van der Waals surface area contributed by atoms with E-state index >= 15 is 0 Å². The third kappa shape index (κ3) is 7.05. The van der Waals surface area contributed by atoms with E-state index in [-0.39, 0.29) is 12.0 Å². The molecule has 2 aromatic rings. The highest BCUT2D eigenvalue weighted by Crippen LogP contribution is 2.17. The Kier molecular flexibility index (Phi) is 8.87. The maximum absolute atomic E-state index is 12.4. The van der Waals surface area contributed by atoms with Crippen molar-refractivity contribution in [2.75, 3.05) is 46.4 Å². The van der Waals surface area contributed by atoms with E-state index in [0.717, 1.165) is 56.9 Å². The van der Waals surface area contributed by atoms with Gasteiger partial charge in [-0.05, 0) is 24.5 Å². The molecule has 1 aromatic carbocycles. The number of nitrogens with zero attached hydrogens (tertiary/aromatic N) is 3. The van der Waals surface area contributed by atoms with Crippen LogP contribution in [0.5, 0.6) is 5.75 Å². The number of aliphatic hydroxyl groups excluding tert-OH is 1. The standard InChI is InChI=1S/C23H34N4O4/c1-3-6-19(28)15-26-11-13-27(14-12-26)16-22-25-20(17-31-22)23(29)24-10-9-18-7-4-5-8-21(18)30-2/h4-5,7-8,17,19,28H,3,6,9-16H2,1-2H3,(H,24,29)/t19-/m0/s1. The predicted molar refractivity (Wildman–Crippen MR) is 118 cm³/mol. The number of methoxy groups -OCH3 is 1. The van der Waals surface area contributed by atoms with E-state index in [1.807, 2.05) is 24.3 Å². The number of piperazine rings is 1. The predicted octanol–water partition coefficient (Wildman–Crippen LogP) is 1.93. The molecule has 1 atom stereocenters. The zero-order valence-electron chi connectivity index (χ0n) is 18.5. The summed E-state index contributed by atoms with van der Waals surface area (Å²) in [6, 6.07) is 7.78. The third-order valence-corrected chi connectivity index (χ3v) is 5.57. The molecule has 1 fully saturated rings. The lowest BCUT2D eigenvalue weighted by Gasteiger charge is -2.34. The van der Waals surface area contributed by atoms with Crippen molar-refractivity contribution in [3.05, 3.63) is 47.7 Å². The van der Waals surface area contributed by atoms with Gasteiger partial charge >= 0.3 is 0 Å². The summed E-state index contributed by atoms with van der Waals surface area (Å²) in [6.45, 7) is 7.51. The lowest BCUT2D eigenvalue weighted by atomic mass is 10.1. The minimum Gasteiger partial charge on any atom is -0.496 e. The van der Waals surface area contributed by atoms with Crippen LogP contribution >= 0.6 is 0 Å². The molecule has 0 unspecified atom stereocenters. The van der Waals surface area contributed by atoms with Crippen molar-refractivity contribution in [1.82, 2.24) is 20.1 Å². The molecule has 8 nitrogen and oxygen atoms in total. The van der Waals surface area contributed by atoms with Crippen molar-refractivity contribution in [3.63, 3.8) is 0 Å². The second-order valence-corrected chi connectivity index (χ2v) is 7.96. The Morgan fingerprint density at radius 2 is 2.00 bits per heavy atom. The molecule has 0 spiro atoms. The van der Waals surface area contributed by atoms with E-state index in [0.29, 0.717) is 31.1 Å². The fraction of sp³-hybridized carbons (Fsp3) is 0.565. The van der Waals surface area contributed by atoms with Gasteiger partial charge in [0.25, 0.3) is 5.91 Å². The number of rotatable bonds is 11. The number of ether oxygens (including phenoxy) is 1. The summed E-state index contributed by atoms with van der Waals surface area (Å²) in [5.41, 5.74) is 1.35. The van der Waals surface area contributed by atoms with Gasteiger partial charge in [0.05, 0.1) is 19.8 Å². The quantitative estimate of drug-likeness (QED) is 0.563. The van der Waals surface area contributed by atoms with E-state index in [2.05, 4.69) is 27.0 Å². The van der Waals surface area contributed by atoms with E-state index in [1.54, 1.807) is 7.11 Å². The Hall–Kier alpha value is -2.42. The molecule has 2 N–H and O–H groups in total. The number of nitrogens with one attached hydrogen (secondary N) is 1. The molecule has 1 aliphatic rings. The highest BCUT2D eigenvalue weighted by molar-refractivity contribution is 5.91. The number of carbonyl (C=O) groups excluding carboxylic acids is 1. The highest BCUT2D eigenvalue weighted by Gasteiger charge is 2.21. The Morgan fingerprint density at radius 3 is 2.74 bits per heavy atom. The number of aromatic nitrogens is 1. The summed E-state index contributed by atoms with van der Waals surface area (Å²) in [5.74, 6) is 1.13. The molecule has 3 rings (SSSR count). The number of benzene rings is 1. The first-order valence-corrected chi connectivity index (χ1v) is 11.1. The van der Waals surface area contributed by atoms with Crippen LogP contribution in [0.15, 0.2) is 34.9 Å². The number of hydrogen-bond donors (Lipinski definition) is 2. The molecule has 1 saturated heterocycles. The van der Waals surface area contributed by atoms with Crippen LogP contribution in [0.2, 0.25) is 0 Å². The largest absolute Gasteiger partial charge is 0.496 e. The summed E-state index contributed by atoms with van der Waals surface area (Å²) >= 11 is 0. The van der Waals surface area contributed by atoms with Crippen LogP contribution in [0.1, 0.15) is 41.7 Å². The average Bonchev–Trinajstić information content (AvgIpc) is 3.24. The van der Waals surface area contributed by atoms with Crippen LogP contribution in [-0.2, 0) is 13.0 Å². The molecule has 170 valence electrons. The minimum absolute atomic E-state index is 0.236. The zero-order valence-corrected chi connectivity index (χ0v) is 18.5. The molecule has 0 bridgehead atoms. The van der Waals surface area contributed by atoms with Gasteiger partial charge in [-0.15, -0.1) is 0 Å². The van der Waals surface area contributed by atoms with Gasteiger partial charge in [-0.2, -0.15) is 0 Å². The summed E-state index contributed by atoms with van der Waals surface area (Å²) in [5, 5.41) is 12.9. The molecule has 1 amide bonds. The smallest absolute Gasteiger partial charge is 0.273 e. The second-order valence-electron chi connectivity index (χ2n) is 7.96. The first-order valence-electron chi connectivity index (χ1n) is 11.1. The summed E-state index contributed by atoms with van der Waals surface area (Å²) in [4.78, 5) is 21.3. The van der Waals surface area contributed by atoms with Crippen LogP contribution in [0.4, 0.5) is 0 Å². The van der Waals surface area contributed by atoms with Gasteiger partial charge in [-0.25, -0.2) is 4.98 Å². The first kappa shape index (κ1) is 23.2. The topological polar surface area (TPSA) is 91.1 Å². The zero-order chi connectivity index (χ0) is 22.1. The maximum Gasteiger partial charge on any atom is 0.273 e. The lowest BCUT2D eigenvalue weighted by Crippen LogP contribution is -2.48. The molecule has 0 aliphatic carbocycles. The molecule has 8 heteroatoms. The van der Waals surface area contributed by atoms with Gasteiger partial charge in [0, 0.05) is 39.3 Å². The normalized spacial score (nSPS) is 16.2. The first-order chi connectivity index (χ1) is 15.1. The summed E-state index contributed by atoms with van der Waals surface area (Å²) < 4.78 is 10.9. The van der Waals surface area contributed by atoms with E-state index in [9.17, 15) is 9.90 Å². The van der Waals surface area contributed by atoms with Gasteiger partial charge in [-0.1, -0.05) is 31.5 Å². The fourth-order valence-corrected chi connectivity index (χ4v) is 3.84. The number of carbonyl (C=O) groups is 1. The Morgan fingerprint density at radius 1 is 1.26 bits per heavy atom. The molecule has 2 heterocycles. The third-order valence-electron chi connectivity index (χ3n) is 5.57. The van der Waals surface area contributed by atoms with Crippen LogP contribution in [0.25, 0.3) is 0 Å². The summed E-state index contributed by atoms with van der Waals surface area (Å²) in [7, 11) is 1.64. The number of amides is 1. The van der Waals surface area contributed by atoms with Crippen LogP contribution in [-0.4, -0.2) is 78.3 Å². The second kappa shape index (κ2) is 11.8. The lowest BCUT2D eigenvalue weighted by molar-refractivity contribution is 0.0634. The van der Waals surface area contributed by atoms with Crippen molar-refractivity contribution in [1.29, 1.82) is 0 Å². The number of aliphatic hydroxyl groups is 1. The van der Waals surface area contributed by atoms with Crippen molar-refractivity contribution < 1.29 is 19.1 Å². The van der Waals surface area contributed by atoms with Crippen LogP contribution in [0, 0.1) is 0 Å². The van der Waals surface area contributed by atoms with Gasteiger partial charge in [-0.3, -0.25) is 14.6 Å². The average molecular weight is 431 g/mol. The monoisotopic (exact) mass is 430 g/mol. The van der Waals surface area contributed by atoms with Gasteiger partial charge in [0.15, 0.2) is 5.69 Å². The highest BCUT2D eigenvalue weighted by atomic mass is 16.5. The molecule has 0 radical (unpaired) electrons. The Balaban J connectivity index is 1.40. The van der Waals surface area contributed by atoms with Crippen molar-refractivity contribution in [2.45, 2.75) is 38.8 Å². The van der Waals surface area contributed by atoms with Crippen LogP contribution in [0.3, 0.4) is 0 Å². The minimum atomic E-state index is -0.243. The Bertz CT molecular complexity index is 817. The molecule has 0 saturated carbocycles. The van der Waals surface area contributed by atoms with Crippen molar-refractivity contribution >= 4 is 5.91 Å². The van der Waals surface area contributed by atoms with Crippen molar-refractivity contribution in [2.24, 2.45) is 0 Å². The molecule has 31 heavy (non-hydrogen) atoms. The molecule has 1 aliphatic heterocycles. The van der Waals surface area contributed by atoms with Crippen molar-refractivity contribution in [3.8, 4) is 5.75 Å². The molecular formula is C23H34N4O4. The number of hydrogen-bond acceptors (Lipinski definition) is 7. The SMILES string of the molecule is CCC[C@H](O)CN1CCN(Cc2nc(C(=O)NCCc3ccccc3OC)co2)CC1. The van der Waals surface area contributed by atoms with E-state index in [4.69, 9.17) is 9.15 Å². The maximum atomic E-state index is 12.4. The van der Waals surface area contributed by atoms with Crippen LogP contribution < -0.4 is 10.1 Å². The van der Waals surface area contributed by atoms with Gasteiger partial charge in [0.1, 0.15) is 12.0 Å². The van der Waals surface area contributed by atoms with Gasteiger partial charge < -0.3 is 19.6 Å². The molecule has 1 aromatic heterocycles. The van der Waals surface area contributed by atoms with E-state index in [1.165, 1.54) is 6.26 Å². The van der Waals surface area contributed by atoms with Gasteiger partial charge in [0.2, 0.25) is 5.89 Å². The number of oxazole rings is 1. The number of para-hydroxylation sites is 1. The fourth-order valence-electron chi connectivity index (χ4n) is 3.84. The summed E-state index contributed by atoms with van der Waals surface area (Å²) in [6.07, 6.45) is 3.71. The van der Waals surface area contributed by atoms with E-state index < -0.39 is 0 Å². The Labute approximate surface area is 184 Å². The molecular weight excluding hydrogens is 396 g/mol.